The minimum absolute atomic E-state index is 0. The third-order valence-corrected chi connectivity index (χ3v) is 10.6. The number of carbonyl (C=O) groups is 2. The van der Waals surface area contributed by atoms with Crippen molar-refractivity contribution >= 4 is 31.8 Å². The van der Waals surface area contributed by atoms with Crippen molar-refractivity contribution in [3.63, 3.8) is 0 Å². The minimum atomic E-state index is -7.27. The van der Waals surface area contributed by atoms with Gasteiger partial charge in [0.1, 0.15) is 30.7 Å². The Morgan fingerprint density at radius 1 is 0.433 bits per heavy atom. The molecule has 0 aliphatic heterocycles. The van der Waals surface area contributed by atoms with Gasteiger partial charge in [-0.15, -0.1) is 0 Å². The fraction of sp³-hybridized carbons (Fsp3) is 0.533. The summed E-state index contributed by atoms with van der Waals surface area (Å²) >= 11 is 0. The molecule has 330 valence electrons. The first-order valence-electron chi connectivity index (χ1n) is 15.3. The molecule has 30 heteroatoms. The number of rotatable bonds is 19. The van der Waals surface area contributed by atoms with Crippen molar-refractivity contribution in [3.05, 3.63) is 70.8 Å². The standard InChI is InChI=1S/C30H24F18O8S2.2Na/c31-23(32,25(35,36)27(39,40)29(43,44)45)17-11-7-15(8-12-17)21(49)19(57(51,52)53)5-3-1-2-4-6-20(58(54,55)56)22(50)16-9-13-18(14-10-16)24(33,34)26(37,38)28(41,42)30(46,47)48;;/h7-14,19-20H,1-6H2,(H,51,52,53)(H,54,55,56);;/q;2*+1/p-2. The van der Waals surface area contributed by atoms with E-state index in [1.807, 2.05) is 0 Å². The van der Waals surface area contributed by atoms with Crippen LogP contribution in [0.25, 0.3) is 0 Å². The van der Waals surface area contributed by atoms with E-state index in [1.54, 1.807) is 0 Å². The second-order valence-corrected chi connectivity index (χ2v) is 15.4. The van der Waals surface area contributed by atoms with E-state index >= 15 is 0 Å². The molecule has 0 spiro atoms. The number of ketones is 2. The molecular formula is C30H22F18Na2O8S2. The molecule has 0 amide bonds. The first-order valence-corrected chi connectivity index (χ1v) is 18.3. The number of carbonyl (C=O) groups excluding carboxylic acids is 2. The van der Waals surface area contributed by atoms with Crippen LogP contribution in [0.3, 0.4) is 0 Å². The summed E-state index contributed by atoms with van der Waals surface area (Å²) in [5.41, 5.74) is -6.37. The molecule has 0 N–H and O–H groups in total. The molecule has 2 rings (SSSR count). The van der Waals surface area contributed by atoms with Crippen LogP contribution in [0.4, 0.5) is 79.0 Å². The number of benzene rings is 2. The number of alkyl halides is 18. The Balaban J connectivity index is 0.0000174. The van der Waals surface area contributed by atoms with Gasteiger partial charge in [-0.1, -0.05) is 74.2 Å². The van der Waals surface area contributed by atoms with Gasteiger partial charge in [-0.25, -0.2) is 16.8 Å². The number of unbranched alkanes of at least 4 members (excludes halogenated alkanes) is 3. The Kier molecular flexibility index (Phi) is 19.1. The molecular weight excluding hydrogens is 940 g/mol. The maximum absolute atomic E-state index is 14.2. The fourth-order valence-corrected chi connectivity index (χ4v) is 6.71. The molecule has 0 bridgehead atoms. The molecule has 0 aromatic heterocycles. The molecule has 0 aliphatic carbocycles. The number of hydrogen-bond donors (Lipinski definition) is 0. The third kappa shape index (κ3) is 11.7. The van der Waals surface area contributed by atoms with E-state index in [4.69, 9.17) is 0 Å². The second kappa shape index (κ2) is 19.6. The predicted molar refractivity (Wildman–Crippen MR) is 156 cm³/mol. The zero-order valence-electron chi connectivity index (χ0n) is 29.9. The zero-order valence-corrected chi connectivity index (χ0v) is 35.5. The van der Waals surface area contributed by atoms with Crippen LogP contribution in [0.2, 0.25) is 0 Å². The van der Waals surface area contributed by atoms with Crippen molar-refractivity contribution in [1.29, 1.82) is 0 Å². The van der Waals surface area contributed by atoms with Crippen molar-refractivity contribution in [2.24, 2.45) is 0 Å². The average Bonchev–Trinajstić information content (AvgIpc) is 3.06. The summed E-state index contributed by atoms with van der Waals surface area (Å²) in [6.45, 7) is 0. The molecule has 0 heterocycles. The van der Waals surface area contributed by atoms with Crippen LogP contribution >= 0.6 is 0 Å². The van der Waals surface area contributed by atoms with Crippen LogP contribution in [-0.2, 0) is 32.1 Å². The Morgan fingerprint density at radius 2 is 0.667 bits per heavy atom. The maximum atomic E-state index is 14.2. The molecule has 2 atom stereocenters. The smallest absolute Gasteiger partial charge is 0.747 e. The topological polar surface area (TPSA) is 149 Å². The monoisotopic (exact) mass is 962 g/mol. The summed E-state index contributed by atoms with van der Waals surface area (Å²) in [6, 6.07) is -0.394. The van der Waals surface area contributed by atoms with Gasteiger partial charge in [0.25, 0.3) is 0 Å². The van der Waals surface area contributed by atoms with E-state index in [0.29, 0.717) is 0 Å². The number of hydrogen-bond acceptors (Lipinski definition) is 8. The first-order chi connectivity index (χ1) is 25.7. The van der Waals surface area contributed by atoms with Gasteiger partial charge in [0, 0.05) is 22.3 Å². The van der Waals surface area contributed by atoms with E-state index in [1.165, 1.54) is 0 Å². The Labute approximate surface area is 370 Å². The van der Waals surface area contributed by atoms with Gasteiger partial charge in [-0.05, 0) is 12.8 Å². The van der Waals surface area contributed by atoms with Gasteiger partial charge in [-0.2, -0.15) is 79.0 Å². The van der Waals surface area contributed by atoms with Crippen LogP contribution in [0.1, 0.15) is 70.4 Å². The third-order valence-electron chi connectivity index (χ3n) is 8.32. The molecule has 0 fully saturated rings. The molecule has 2 unspecified atom stereocenters. The SMILES string of the molecule is O=C(c1ccc(C(F)(F)C(F)(F)C(F)(F)C(F)(F)F)cc1)C(CCCCCCC(C(=O)c1ccc(C(F)(F)C(F)(F)C(F)(F)C(F)(F)F)cc1)S(=O)(=O)[O-])S(=O)(=O)[O-].[Na+].[Na+]. The van der Waals surface area contributed by atoms with Crippen molar-refractivity contribution in [3.8, 4) is 0 Å². The van der Waals surface area contributed by atoms with Gasteiger partial charge in [0.05, 0.1) is 0 Å². The quantitative estimate of drug-likeness (QED) is 0.0687. The Morgan fingerprint density at radius 3 is 0.867 bits per heavy atom. The minimum Gasteiger partial charge on any atom is -0.747 e. The van der Waals surface area contributed by atoms with Gasteiger partial charge >= 0.3 is 107 Å². The number of Topliss-reactive ketones (excluding diaryl/α,β-unsaturated/α-hetero) is 2. The predicted octanol–water partition coefficient (Wildman–Crippen LogP) is 2.78. The van der Waals surface area contributed by atoms with Crippen LogP contribution < -0.4 is 59.1 Å². The normalized spacial score (nSPS) is 15.1. The molecule has 0 saturated carbocycles. The van der Waals surface area contributed by atoms with Crippen molar-refractivity contribution < 1.29 is 174 Å². The summed E-state index contributed by atoms with van der Waals surface area (Å²) in [7, 11) is -11.3. The molecule has 0 radical (unpaired) electrons. The summed E-state index contributed by atoms with van der Waals surface area (Å²) < 4.78 is 309. The van der Waals surface area contributed by atoms with E-state index < -0.39 is 138 Å². The summed E-state index contributed by atoms with van der Waals surface area (Å²) in [4.78, 5) is 25.4. The summed E-state index contributed by atoms with van der Waals surface area (Å²) in [5, 5.41) is -5.14. The fourth-order valence-electron chi connectivity index (χ4n) is 5.00. The van der Waals surface area contributed by atoms with Gasteiger partial charge in [0.15, 0.2) is 11.6 Å². The van der Waals surface area contributed by atoms with Crippen LogP contribution in [0.15, 0.2) is 48.5 Å². The maximum Gasteiger partial charge on any atom is 1.00 e. The molecule has 0 saturated heterocycles. The van der Waals surface area contributed by atoms with Gasteiger partial charge < -0.3 is 9.11 Å². The first kappa shape index (κ1) is 58.3. The second-order valence-electron chi connectivity index (χ2n) is 12.3. The van der Waals surface area contributed by atoms with Crippen molar-refractivity contribution in [2.75, 3.05) is 0 Å². The molecule has 0 aliphatic rings. The summed E-state index contributed by atoms with van der Waals surface area (Å²) in [6.07, 6.45) is -17.6. The summed E-state index contributed by atoms with van der Waals surface area (Å²) in [5.74, 6) is -44.6. The number of halogens is 18. The largest absolute Gasteiger partial charge is 1.00 e. The van der Waals surface area contributed by atoms with E-state index in [-0.39, 0.29) is 120 Å². The zero-order chi connectivity index (χ0) is 45.5. The Hall–Kier alpha value is -1.66. The van der Waals surface area contributed by atoms with Crippen molar-refractivity contribution in [2.45, 2.75) is 96.9 Å². The van der Waals surface area contributed by atoms with Crippen LogP contribution in [-0.4, -0.2) is 84.1 Å². The van der Waals surface area contributed by atoms with E-state index in [9.17, 15) is 115 Å². The molecule has 2 aromatic carbocycles. The van der Waals surface area contributed by atoms with E-state index in [2.05, 4.69) is 0 Å². The van der Waals surface area contributed by atoms with Gasteiger partial charge in [-0.3, -0.25) is 9.59 Å². The van der Waals surface area contributed by atoms with Gasteiger partial charge in [0.2, 0.25) is 0 Å². The van der Waals surface area contributed by atoms with Crippen LogP contribution in [0.5, 0.6) is 0 Å². The Bertz CT molecular complexity index is 1880. The van der Waals surface area contributed by atoms with Crippen molar-refractivity contribution in [1.82, 2.24) is 0 Å². The average molecular weight is 963 g/mol. The van der Waals surface area contributed by atoms with Crippen LogP contribution in [0, 0.1) is 0 Å². The van der Waals surface area contributed by atoms with E-state index in [0.717, 1.165) is 0 Å². The molecule has 60 heavy (non-hydrogen) atoms. The molecule has 2 aromatic rings. The molecule has 8 nitrogen and oxygen atoms in total.